The molecule has 0 heterocycles. The van der Waals surface area contributed by atoms with Crippen LogP contribution in [0.3, 0.4) is 0 Å². The van der Waals surface area contributed by atoms with Crippen LogP contribution < -0.4 is 0 Å². The molecule has 0 aliphatic heterocycles. The molecule has 0 atom stereocenters. The van der Waals surface area contributed by atoms with Crippen molar-refractivity contribution in [3.05, 3.63) is 47.5 Å². The van der Waals surface area contributed by atoms with Crippen LogP contribution in [-0.4, -0.2) is 40.0 Å². The summed E-state index contributed by atoms with van der Waals surface area (Å²) in [5, 5.41) is 0. The Balaban J connectivity index is 2.18. The van der Waals surface area contributed by atoms with E-state index in [9.17, 15) is 0 Å². The summed E-state index contributed by atoms with van der Waals surface area (Å²) >= 11 is 0. The van der Waals surface area contributed by atoms with Gasteiger partial charge in [-0.25, -0.2) is 0 Å². The molecule has 0 aromatic heterocycles. The summed E-state index contributed by atoms with van der Waals surface area (Å²) < 4.78 is 22.5. The molecule has 0 spiro atoms. The molecule has 1 aromatic rings. The standard InChI is InChI=1S/C18H26O4/c1-19-17(20-2)12-16(13-18(14-17,21-3)22-4)11-10-15-8-6-5-7-9-15/h5-9,12H,10-11,13-14H2,1-4H3. The van der Waals surface area contributed by atoms with Crippen molar-refractivity contribution in [3.8, 4) is 0 Å². The minimum absolute atomic E-state index is 0.509. The largest absolute Gasteiger partial charge is 0.353 e. The summed E-state index contributed by atoms with van der Waals surface area (Å²) in [6.07, 6.45) is 5.20. The lowest BCUT2D eigenvalue weighted by molar-refractivity contribution is -0.281. The van der Waals surface area contributed by atoms with Crippen LogP contribution in [0.4, 0.5) is 0 Å². The third-order valence-corrected chi connectivity index (χ3v) is 4.45. The van der Waals surface area contributed by atoms with Crippen molar-refractivity contribution in [2.24, 2.45) is 0 Å². The Morgan fingerprint density at radius 3 is 2.05 bits per heavy atom. The minimum Gasteiger partial charge on any atom is -0.353 e. The summed E-state index contributed by atoms with van der Waals surface area (Å²) in [6, 6.07) is 10.4. The van der Waals surface area contributed by atoms with Crippen molar-refractivity contribution in [2.75, 3.05) is 28.4 Å². The van der Waals surface area contributed by atoms with Crippen molar-refractivity contribution in [3.63, 3.8) is 0 Å². The van der Waals surface area contributed by atoms with Crippen LogP contribution in [0.2, 0.25) is 0 Å². The minimum atomic E-state index is -0.795. The Morgan fingerprint density at radius 1 is 0.864 bits per heavy atom. The van der Waals surface area contributed by atoms with Crippen LogP contribution in [0, 0.1) is 0 Å². The summed E-state index contributed by atoms with van der Waals surface area (Å²) in [5.74, 6) is -1.50. The second-order valence-corrected chi connectivity index (χ2v) is 5.68. The molecule has 4 nitrogen and oxygen atoms in total. The van der Waals surface area contributed by atoms with Gasteiger partial charge in [0.2, 0.25) is 0 Å². The molecule has 0 saturated carbocycles. The molecule has 122 valence electrons. The van der Waals surface area contributed by atoms with E-state index in [4.69, 9.17) is 18.9 Å². The van der Waals surface area contributed by atoms with Crippen LogP contribution in [0.5, 0.6) is 0 Å². The van der Waals surface area contributed by atoms with Crippen molar-refractivity contribution >= 4 is 0 Å². The number of rotatable bonds is 7. The van der Waals surface area contributed by atoms with E-state index in [1.54, 1.807) is 28.4 Å². The first-order chi connectivity index (χ1) is 10.6. The highest BCUT2D eigenvalue weighted by molar-refractivity contribution is 5.21. The predicted molar refractivity (Wildman–Crippen MR) is 85.6 cm³/mol. The molecule has 0 fully saturated rings. The quantitative estimate of drug-likeness (QED) is 0.572. The monoisotopic (exact) mass is 306 g/mol. The van der Waals surface area contributed by atoms with Gasteiger partial charge < -0.3 is 18.9 Å². The first-order valence-electron chi connectivity index (χ1n) is 7.56. The van der Waals surface area contributed by atoms with Crippen molar-refractivity contribution in [1.29, 1.82) is 0 Å². The fourth-order valence-corrected chi connectivity index (χ4v) is 3.02. The third-order valence-electron chi connectivity index (χ3n) is 4.45. The lowest BCUT2D eigenvalue weighted by Crippen LogP contribution is -2.49. The van der Waals surface area contributed by atoms with Crippen LogP contribution >= 0.6 is 0 Å². The van der Waals surface area contributed by atoms with Gasteiger partial charge in [-0.15, -0.1) is 0 Å². The molecule has 22 heavy (non-hydrogen) atoms. The van der Waals surface area contributed by atoms with Gasteiger partial charge in [-0.2, -0.15) is 0 Å². The van der Waals surface area contributed by atoms with Gasteiger partial charge in [0, 0.05) is 34.9 Å². The average molecular weight is 306 g/mol. The Labute approximate surface area is 133 Å². The number of aryl methyl sites for hydroxylation is 1. The number of benzene rings is 1. The molecule has 0 unspecified atom stereocenters. The van der Waals surface area contributed by atoms with Gasteiger partial charge >= 0.3 is 0 Å². The van der Waals surface area contributed by atoms with Gasteiger partial charge in [-0.1, -0.05) is 35.9 Å². The fourth-order valence-electron chi connectivity index (χ4n) is 3.02. The molecule has 1 aliphatic carbocycles. The number of hydrogen-bond donors (Lipinski definition) is 0. The molecule has 0 N–H and O–H groups in total. The van der Waals surface area contributed by atoms with Gasteiger partial charge in [0.25, 0.3) is 0 Å². The zero-order valence-electron chi connectivity index (χ0n) is 13.9. The maximum atomic E-state index is 5.65. The predicted octanol–water partition coefficient (Wildman–Crippen LogP) is 3.32. The van der Waals surface area contributed by atoms with E-state index in [0.29, 0.717) is 6.42 Å². The average Bonchev–Trinajstić information content (AvgIpc) is 2.60. The number of hydrogen-bond acceptors (Lipinski definition) is 4. The van der Waals surface area contributed by atoms with Crippen molar-refractivity contribution in [1.82, 2.24) is 0 Å². The van der Waals surface area contributed by atoms with Gasteiger partial charge in [-0.05, 0) is 24.5 Å². The van der Waals surface area contributed by atoms with Gasteiger partial charge in [0.1, 0.15) is 0 Å². The topological polar surface area (TPSA) is 36.9 Å². The maximum absolute atomic E-state index is 5.65. The Hall–Kier alpha value is -1.20. The molecule has 0 saturated heterocycles. The number of ether oxygens (including phenoxy) is 4. The molecular weight excluding hydrogens is 280 g/mol. The zero-order chi connectivity index (χ0) is 16.1. The molecule has 2 rings (SSSR count). The van der Waals surface area contributed by atoms with Crippen LogP contribution in [0.25, 0.3) is 0 Å². The molecule has 1 aliphatic rings. The van der Waals surface area contributed by atoms with Gasteiger partial charge in [-0.3, -0.25) is 0 Å². The van der Waals surface area contributed by atoms with Gasteiger partial charge in [0.15, 0.2) is 11.6 Å². The van der Waals surface area contributed by atoms with Crippen LogP contribution in [0.15, 0.2) is 42.0 Å². The van der Waals surface area contributed by atoms with E-state index in [-0.39, 0.29) is 0 Å². The Kier molecular flexibility index (Phi) is 5.75. The molecular formula is C18H26O4. The second kappa shape index (κ2) is 7.38. The Bertz CT molecular complexity index is 487. The highest BCUT2D eigenvalue weighted by atomic mass is 16.7. The highest BCUT2D eigenvalue weighted by Crippen LogP contribution is 2.40. The lowest BCUT2D eigenvalue weighted by Gasteiger charge is -2.43. The number of methoxy groups -OCH3 is 4. The van der Waals surface area contributed by atoms with E-state index >= 15 is 0 Å². The molecule has 0 bridgehead atoms. The normalized spacial score (nSPS) is 19.7. The molecule has 0 radical (unpaired) electrons. The first-order valence-corrected chi connectivity index (χ1v) is 7.56. The summed E-state index contributed by atoms with van der Waals surface area (Å²) in [4.78, 5) is 0. The van der Waals surface area contributed by atoms with E-state index in [1.165, 1.54) is 11.1 Å². The first kappa shape index (κ1) is 17.2. The summed E-state index contributed by atoms with van der Waals surface area (Å²) in [7, 11) is 6.63. The maximum Gasteiger partial charge on any atom is 0.192 e. The zero-order valence-corrected chi connectivity index (χ0v) is 13.9. The molecule has 4 heteroatoms. The fraction of sp³-hybridized carbons (Fsp3) is 0.556. The SMILES string of the molecule is COC1(OC)C=C(CCc2ccccc2)CC(OC)(OC)C1. The van der Waals surface area contributed by atoms with Crippen LogP contribution in [0.1, 0.15) is 24.8 Å². The lowest BCUT2D eigenvalue weighted by atomic mass is 9.86. The highest BCUT2D eigenvalue weighted by Gasteiger charge is 2.46. The molecule has 0 amide bonds. The van der Waals surface area contributed by atoms with Crippen LogP contribution in [-0.2, 0) is 25.4 Å². The van der Waals surface area contributed by atoms with E-state index in [1.807, 2.05) is 6.07 Å². The van der Waals surface area contributed by atoms with Crippen molar-refractivity contribution in [2.45, 2.75) is 37.3 Å². The van der Waals surface area contributed by atoms with E-state index in [2.05, 4.69) is 30.3 Å². The molecule has 1 aromatic carbocycles. The summed E-state index contributed by atoms with van der Waals surface area (Å²) in [6.45, 7) is 0. The van der Waals surface area contributed by atoms with E-state index < -0.39 is 11.6 Å². The third kappa shape index (κ3) is 3.76. The van der Waals surface area contributed by atoms with E-state index in [0.717, 1.165) is 19.3 Å². The van der Waals surface area contributed by atoms with Gasteiger partial charge in [0.05, 0.1) is 6.42 Å². The van der Waals surface area contributed by atoms with Crippen molar-refractivity contribution < 1.29 is 18.9 Å². The second-order valence-electron chi connectivity index (χ2n) is 5.68. The Morgan fingerprint density at radius 2 is 1.50 bits per heavy atom. The smallest absolute Gasteiger partial charge is 0.192 e. The summed E-state index contributed by atoms with van der Waals surface area (Å²) in [5.41, 5.74) is 2.54.